The minimum Gasteiger partial charge on any atom is -0.497 e. The molecule has 112 valence electrons. The van der Waals surface area contributed by atoms with Crippen molar-refractivity contribution < 1.29 is 9.53 Å². The quantitative estimate of drug-likeness (QED) is 0.856. The van der Waals surface area contributed by atoms with Crippen molar-refractivity contribution in [2.75, 3.05) is 21.2 Å². The summed E-state index contributed by atoms with van der Waals surface area (Å²) >= 11 is 1.33. The maximum atomic E-state index is 11.8. The van der Waals surface area contributed by atoms with Crippen LogP contribution < -0.4 is 4.74 Å². The Hall–Kier alpha value is -2.02. The van der Waals surface area contributed by atoms with Gasteiger partial charge in [-0.3, -0.25) is 9.89 Å². The summed E-state index contributed by atoms with van der Waals surface area (Å²) in [5.74, 6) is 1.50. The highest BCUT2D eigenvalue weighted by Crippen LogP contribution is 2.24. The van der Waals surface area contributed by atoms with E-state index in [2.05, 4.69) is 15.2 Å². The zero-order valence-corrected chi connectivity index (χ0v) is 13.3. The standard InChI is InChI=1S/C14H18N4O2S/c1-9(13(19)18(2)3)21-14-15-12(16-17-14)10-5-7-11(20-4)8-6-10/h5-9H,1-4H3,(H,15,16,17)/t9-/m0/s1. The number of carbonyl (C=O) groups is 1. The van der Waals surface area contributed by atoms with Gasteiger partial charge >= 0.3 is 0 Å². The molecule has 0 unspecified atom stereocenters. The van der Waals surface area contributed by atoms with E-state index in [0.29, 0.717) is 11.0 Å². The molecule has 6 nitrogen and oxygen atoms in total. The molecule has 2 aromatic rings. The van der Waals surface area contributed by atoms with Crippen LogP contribution in [0.5, 0.6) is 5.75 Å². The number of aromatic amines is 1. The maximum absolute atomic E-state index is 11.8. The van der Waals surface area contributed by atoms with E-state index in [1.54, 1.807) is 26.1 Å². The van der Waals surface area contributed by atoms with Crippen LogP contribution in [0.4, 0.5) is 0 Å². The summed E-state index contributed by atoms with van der Waals surface area (Å²) in [5, 5.41) is 7.36. The smallest absolute Gasteiger partial charge is 0.235 e. The molecule has 0 aliphatic heterocycles. The molecule has 0 bridgehead atoms. The van der Waals surface area contributed by atoms with Gasteiger partial charge in [0.1, 0.15) is 5.75 Å². The summed E-state index contributed by atoms with van der Waals surface area (Å²) in [6.45, 7) is 1.84. The number of H-pyrrole nitrogens is 1. The number of hydrogen-bond acceptors (Lipinski definition) is 5. The molecule has 1 aromatic carbocycles. The number of nitrogens with zero attached hydrogens (tertiary/aromatic N) is 3. The second-order valence-electron chi connectivity index (χ2n) is 4.69. The lowest BCUT2D eigenvalue weighted by Gasteiger charge is -2.14. The largest absolute Gasteiger partial charge is 0.497 e. The van der Waals surface area contributed by atoms with Gasteiger partial charge in [-0.2, -0.15) is 0 Å². The molecule has 1 aromatic heterocycles. The van der Waals surface area contributed by atoms with Crippen molar-refractivity contribution in [2.24, 2.45) is 0 Å². The Morgan fingerprint density at radius 1 is 1.33 bits per heavy atom. The van der Waals surface area contributed by atoms with Gasteiger partial charge in [0.15, 0.2) is 5.82 Å². The molecule has 0 aliphatic rings. The number of amides is 1. The van der Waals surface area contributed by atoms with Gasteiger partial charge in [0.25, 0.3) is 0 Å². The van der Waals surface area contributed by atoms with Crippen molar-refractivity contribution >= 4 is 17.7 Å². The van der Waals surface area contributed by atoms with Crippen LogP contribution in [0.1, 0.15) is 6.92 Å². The Morgan fingerprint density at radius 3 is 2.57 bits per heavy atom. The van der Waals surface area contributed by atoms with E-state index in [4.69, 9.17) is 4.74 Å². The van der Waals surface area contributed by atoms with Gasteiger partial charge in [-0.05, 0) is 31.2 Å². The highest BCUT2D eigenvalue weighted by atomic mass is 32.2. The van der Waals surface area contributed by atoms with Gasteiger partial charge in [0.2, 0.25) is 11.1 Å². The molecule has 0 radical (unpaired) electrons. The Balaban J connectivity index is 2.08. The third kappa shape index (κ3) is 3.75. The molecule has 0 saturated carbocycles. The average Bonchev–Trinajstić information content (AvgIpc) is 2.94. The number of thioether (sulfide) groups is 1. The summed E-state index contributed by atoms with van der Waals surface area (Å²) in [5.41, 5.74) is 0.918. The van der Waals surface area contributed by atoms with Crippen molar-refractivity contribution in [3.63, 3.8) is 0 Å². The molecular formula is C14H18N4O2S. The Kier molecular flexibility index (Phi) is 4.85. The van der Waals surface area contributed by atoms with E-state index >= 15 is 0 Å². The fourth-order valence-electron chi connectivity index (χ4n) is 1.75. The van der Waals surface area contributed by atoms with Crippen molar-refractivity contribution in [2.45, 2.75) is 17.3 Å². The summed E-state index contributed by atoms with van der Waals surface area (Å²) < 4.78 is 5.12. The average molecular weight is 306 g/mol. The molecule has 1 heterocycles. The Morgan fingerprint density at radius 2 is 2.00 bits per heavy atom. The number of ether oxygens (including phenoxy) is 1. The number of nitrogens with one attached hydrogen (secondary N) is 1. The van der Waals surface area contributed by atoms with Crippen LogP contribution in [0.25, 0.3) is 11.4 Å². The van der Waals surface area contributed by atoms with Crippen LogP contribution in [0.15, 0.2) is 29.4 Å². The molecule has 1 atom stereocenters. The zero-order chi connectivity index (χ0) is 15.4. The number of hydrogen-bond donors (Lipinski definition) is 1. The summed E-state index contributed by atoms with van der Waals surface area (Å²) in [6.07, 6.45) is 0. The molecular weight excluding hydrogens is 288 g/mol. The first-order chi connectivity index (χ1) is 10.0. The van der Waals surface area contributed by atoms with Crippen LogP contribution in [0.2, 0.25) is 0 Å². The van der Waals surface area contributed by atoms with Crippen LogP contribution in [-0.4, -0.2) is 52.4 Å². The summed E-state index contributed by atoms with van der Waals surface area (Å²) in [6, 6.07) is 7.54. The maximum Gasteiger partial charge on any atom is 0.235 e. The molecule has 1 N–H and O–H groups in total. The van der Waals surface area contributed by atoms with Gasteiger partial charge in [-0.15, -0.1) is 5.10 Å². The minimum atomic E-state index is -0.223. The number of methoxy groups -OCH3 is 1. The van der Waals surface area contributed by atoms with Crippen molar-refractivity contribution in [1.29, 1.82) is 0 Å². The normalized spacial score (nSPS) is 12.0. The van der Waals surface area contributed by atoms with Gasteiger partial charge in [-0.25, -0.2) is 4.98 Å². The van der Waals surface area contributed by atoms with Crippen LogP contribution in [-0.2, 0) is 4.79 Å². The number of aromatic nitrogens is 3. The van der Waals surface area contributed by atoms with Crippen molar-refractivity contribution in [3.05, 3.63) is 24.3 Å². The van der Waals surface area contributed by atoms with E-state index in [1.165, 1.54) is 11.8 Å². The summed E-state index contributed by atoms with van der Waals surface area (Å²) in [4.78, 5) is 17.8. The first kappa shape index (κ1) is 15.4. The van der Waals surface area contributed by atoms with Crippen molar-refractivity contribution in [1.82, 2.24) is 20.1 Å². The number of rotatable bonds is 5. The zero-order valence-electron chi connectivity index (χ0n) is 12.5. The molecule has 0 fully saturated rings. The summed E-state index contributed by atoms with van der Waals surface area (Å²) in [7, 11) is 5.10. The van der Waals surface area contributed by atoms with Gasteiger partial charge < -0.3 is 9.64 Å². The van der Waals surface area contributed by atoms with Crippen LogP contribution >= 0.6 is 11.8 Å². The molecule has 21 heavy (non-hydrogen) atoms. The van der Waals surface area contributed by atoms with Crippen LogP contribution in [0.3, 0.4) is 0 Å². The molecule has 7 heteroatoms. The van der Waals surface area contributed by atoms with Gasteiger partial charge in [0, 0.05) is 19.7 Å². The topological polar surface area (TPSA) is 71.1 Å². The monoisotopic (exact) mass is 306 g/mol. The second-order valence-corrected chi connectivity index (χ2v) is 6.00. The van der Waals surface area contributed by atoms with Gasteiger partial charge in [0.05, 0.1) is 12.4 Å². The first-order valence-electron chi connectivity index (χ1n) is 6.46. The highest BCUT2D eigenvalue weighted by Gasteiger charge is 2.18. The lowest BCUT2D eigenvalue weighted by atomic mass is 10.2. The van der Waals surface area contributed by atoms with E-state index < -0.39 is 0 Å². The Bertz CT molecular complexity index is 610. The molecule has 2 rings (SSSR count). The minimum absolute atomic E-state index is 0.0378. The Labute approximate surface area is 127 Å². The van der Waals surface area contributed by atoms with E-state index in [0.717, 1.165) is 11.3 Å². The molecule has 0 spiro atoms. The molecule has 1 amide bonds. The first-order valence-corrected chi connectivity index (χ1v) is 7.34. The third-order valence-corrected chi connectivity index (χ3v) is 3.85. The number of benzene rings is 1. The predicted octanol–water partition coefficient (Wildman–Crippen LogP) is 2.05. The van der Waals surface area contributed by atoms with E-state index in [9.17, 15) is 4.79 Å². The van der Waals surface area contributed by atoms with Crippen molar-refractivity contribution in [3.8, 4) is 17.1 Å². The second kappa shape index (κ2) is 6.62. The predicted molar refractivity (Wildman–Crippen MR) is 82.4 cm³/mol. The molecule has 0 aliphatic carbocycles. The number of carbonyl (C=O) groups excluding carboxylic acids is 1. The van der Waals surface area contributed by atoms with Crippen LogP contribution in [0, 0.1) is 0 Å². The highest BCUT2D eigenvalue weighted by molar-refractivity contribution is 8.00. The SMILES string of the molecule is COc1ccc(-c2nc(S[C@@H](C)C(=O)N(C)C)n[nH]2)cc1. The van der Waals surface area contributed by atoms with E-state index in [-0.39, 0.29) is 11.2 Å². The lowest BCUT2D eigenvalue weighted by Crippen LogP contribution is -2.29. The fraction of sp³-hybridized carbons (Fsp3) is 0.357. The van der Waals surface area contributed by atoms with E-state index in [1.807, 2.05) is 31.2 Å². The lowest BCUT2D eigenvalue weighted by molar-refractivity contribution is -0.127. The third-order valence-electron chi connectivity index (χ3n) is 2.90. The molecule has 0 saturated heterocycles. The fourth-order valence-corrected chi connectivity index (χ4v) is 2.62. The van der Waals surface area contributed by atoms with Gasteiger partial charge in [-0.1, -0.05) is 11.8 Å².